The maximum Gasteiger partial charge on any atom is 0.222 e. The van der Waals surface area contributed by atoms with Gasteiger partial charge in [-0.3, -0.25) is 0 Å². The van der Waals surface area contributed by atoms with Crippen LogP contribution in [-0.4, -0.2) is 15.2 Å². The summed E-state index contributed by atoms with van der Waals surface area (Å²) in [7, 11) is 0. The van der Waals surface area contributed by atoms with Gasteiger partial charge in [0.15, 0.2) is 5.89 Å². The highest BCUT2D eigenvalue weighted by Gasteiger charge is 2.38. The molecule has 2 aromatic heterocycles. The molecule has 0 saturated carbocycles. The van der Waals surface area contributed by atoms with E-state index in [9.17, 15) is 0 Å². The van der Waals surface area contributed by atoms with Crippen molar-refractivity contribution in [1.29, 1.82) is 0 Å². The SMILES string of the molecule is Cc1nnc(C(C)(C)Cc2ncc(C(C)(C)C(C)(C)C)o2)o1. The molecule has 0 radical (unpaired) electrons. The summed E-state index contributed by atoms with van der Waals surface area (Å²) in [6.07, 6.45) is 2.46. The molecule has 122 valence electrons. The van der Waals surface area contributed by atoms with Crippen molar-refractivity contribution < 1.29 is 8.83 Å². The van der Waals surface area contributed by atoms with Crippen LogP contribution < -0.4 is 0 Å². The highest BCUT2D eigenvalue weighted by atomic mass is 16.4. The van der Waals surface area contributed by atoms with Crippen LogP contribution in [0.3, 0.4) is 0 Å². The number of aromatic nitrogens is 3. The largest absolute Gasteiger partial charge is 0.445 e. The Labute approximate surface area is 132 Å². The third kappa shape index (κ3) is 3.08. The number of hydrogen-bond donors (Lipinski definition) is 0. The predicted molar refractivity (Wildman–Crippen MR) is 84.7 cm³/mol. The Bertz CT molecular complexity index is 645. The van der Waals surface area contributed by atoms with Crippen molar-refractivity contribution >= 4 is 0 Å². The number of hydrogen-bond acceptors (Lipinski definition) is 5. The van der Waals surface area contributed by atoms with Gasteiger partial charge < -0.3 is 8.83 Å². The van der Waals surface area contributed by atoms with Crippen LogP contribution in [0.1, 0.15) is 71.9 Å². The fraction of sp³-hybridized carbons (Fsp3) is 0.706. The zero-order valence-electron chi connectivity index (χ0n) is 14.9. The minimum atomic E-state index is -0.310. The van der Waals surface area contributed by atoms with Gasteiger partial charge in [-0.05, 0) is 5.41 Å². The molecule has 0 atom stereocenters. The van der Waals surface area contributed by atoms with Gasteiger partial charge in [-0.25, -0.2) is 4.98 Å². The first-order chi connectivity index (χ1) is 9.93. The van der Waals surface area contributed by atoms with Crippen molar-refractivity contribution in [2.24, 2.45) is 5.41 Å². The summed E-state index contributed by atoms with van der Waals surface area (Å²) < 4.78 is 11.6. The Hall–Kier alpha value is -1.65. The molecule has 0 saturated heterocycles. The molecule has 0 N–H and O–H groups in total. The highest BCUT2D eigenvalue weighted by Crippen LogP contribution is 2.41. The second kappa shape index (κ2) is 5.21. The maximum atomic E-state index is 6.04. The van der Waals surface area contributed by atoms with Crippen LogP contribution in [0.5, 0.6) is 0 Å². The monoisotopic (exact) mass is 305 g/mol. The third-order valence-electron chi connectivity index (χ3n) is 4.74. The fourth-order valence-electron chi connectivity index (χ4n) is 2.07. The maximum absolute atomic E-state index is 6.04. The average Bonchev–Trinajstić information content (AvgIpc) is 2.96. The van der Waals surface area contributed by atoms with Crippen LogP contribution in [0.4, 0.5) is 0 Å². The van der Waals surface area contributed by atoms with Crippen molar-refractivity contribution in [3.05, 3.63) is 29.6 Å². The molecular weight excluding hydrogens is 278 g/mol. The Kier molecular flexibility index (Phi) is 3.96. The average molecular weight is 305 g/mol. The Morgan fingerprint density at radius 1 is 0.955 bits per heavy atom. The first kappa shape index (κ1) is 16.7. The van der Waals surface area contributed by atoms with Crippen molar-refractivity contribution in [3.8, 4) is 0 Å². The molecule has 22 heavy (non-hydrogen) atoms. The van der Waals surface area contributed by atoms with Crippen LogP contribution in [0, 0.1) is 12.3 Å². The molecule has 0 aliphatic rings. The minimum absolute atomic E-state index is 0.0862. The van der Waals surface area contributed by atoms with Gasteiger partial charge in [0.25, 0.3) is 0 Å². The zero-order chi connectivity index (χ0) is 16.8. The topological polar surface area (TPSA) is 65.0 Å². The molecule has 0 aromatic carbocycles. The van der Waals surface area contributed by atoms with Gasteiger partial charge in [0.1, 0.15) is 5.76 Å². The molecule has 5 heteroatoms. The first-order valence-electron chi connectivity index (χ1n) is 7.69. The van der Waals surface area contributed by atoms with Crippen molar-refractivity contribution in [3.63, 3.8) is 0 Å². The molecule has 0 bridgehead atoms. The van der Waals surface area contributed by atoms with Crippen molar-refractivity contribution in [2.75, 3.05) is 0 Å². The molecule has 0 unspecified atom stereocenters. The van der Waals surface area contributed by atoms with E-state index in [-0.39, 0.29) is 16.2 Å². The number of nitrogens with zero attached hydrogens (tertiary/aromatic N) is 3. The van der Waals surface area contributed by atoms with Crippen LogP contribution in [0.25, 0.3) is 0 Å². The molecule has 0 aliphatic heterocycles. The molecule has 0 spiro atoms. The second-order valence-electron chi connectivity index (χ2n) is 8.18. The van der Waals surface area contributed by atoms with E-state index in [4.69, 9.17) is 8.83 Å². The van der Waals surface area contributed by atoms with E-state index in [0.29, 0.717) is 24.1 Å². The lowest BCUT2D eigenvalue weighted by Gasteiger charge is -2.36. The second-order valence-corrected chi connectivity index (χ2v) is 8.18. The Morgan fingerprint density at radius 2 is 1.59 bits per heavy atom. The van der Waals surface area contributed by atoms with Crippen molar-refractivity contribution in [2.45, 2.75) is 72.6 Å². The Morgan fingerprint density at radius 3 is 2.09 bits per heavy atom. The molecular formula is C17H27N3O2. The molecule has 2 heterocycles. The highest BCUT2D eigenvalue weighted by molar-refractivity contribution is 5.14. The Balaban J connectivity index is 2.22. The lowest BCUT2D eigenvalue weighted by Crippen LogP contribution is -2.33. The summed E-state index contributed by atoms with van der Waals surface area (Å²) in [5.41, 5.74) is -0.318. The summed E-state index contributed by atoms with van der Waals surface area (Å²) in [5.74, 6) is 2.80. The standard InChI is InChI=1S/C17H27N3O2/c1-11-19-20-14(21-11)16(5,6)9-13-18-10-12(22-13)17(7,8)15(2,3)4/h10H,9H2,1-8H3. The van der Waals surface area contributed by atoms with E-state index in [2.05, 4.69) is 63.6 Å². The summed E-state index contributed by atoms with van der Waals surface area (Å²) in [6, 6.07) is 0. The molecule has 2 rings (SSSR count). The van der Waals surface area contributed by atoms with Crippen molar-refractivity contribution in [1.82, 2.24) is 15.2 Å². The molecule has 2 aromatic rings. The molecule has 5 nitrogen and oxygen atoms in total. The van der Waals surface area contributed by atoms with E-state index in [1.54, 1.807) is 6.92 Å². The lowest BCUT2D eigenvalue weighted by atomic mass is 9.68. The quantitative estimate of drug-likeness (QED) is 0.846. The van der Waals surface area contributed by atoms with Gasteiger partial charge in [-0.2, -0.15) is 0 Å². The van der Waals surface area contributed by atoms with E-state index < -0.39 is 0 Å². The van der Waals surface area contributed by atoms with E-state index in [0.717, 1.165) is 5.76 Å². The fourth-order valence-corrected chi connectivity index (χ4v) is 2.07. The summed E-state index contributed by atoms with van der Waals surface area (Å²) in [5, 5.41) is 8.03. The number of aryl methyl sites for hydroxylation is 1. The van der Waals surface area contributed by atoms with Crippen LogP contribution in [0.15, 0.2) is 15.0 Å². The molecule has 0 amide bonds. The predicted octanol–water partition coefficient (Wildman–Crippen LogP) is 4.21. The lowest BCUT2D eigenvalue weighted by molar-refractivity contribution is 0.185. The van der Waals surface area contributed by atoms with Gasteiger partial charge in [0.2, 0.25) is 11.8 Å². The van der Waals surface area contributed by atoms with Crippen LogP contribution in [-0.2, 0) is 17.3 Å². The van der Waals surface area contributed by atoms with Crippen LogP contribution in [0.2, 0.25) is 0 Å². The molecule has 0 aliphatic carbocycles. The van der Waals surface area contributed by atoms with Gasteiger partial charge >= 0.3 is 0 Å². The normalized spacial score (nSPS) is 13.6. The van der Waals surface area contributed by atoms with Gasteiger partial charge in [0.05, 0.1) is 11.6 Å². The van der Waals surface area contributed by atoms with E-state index >= 15 is 0 Å². The number of oxazole rings is 1. The number of rotatable bonds is 4. The van der Waals surface area contributed by atoms with E-state index in [1.807, 2.05) is 6.20 Å². The van der Waals surface area contributed by atoms with Gasteiger partial charge in [-0.15, -0.1) is 10.2 Å². The first-order valence-corrected chi connectivity index (χ1v) is 7.69. The smallest absolute Gasteiger partial charge is 0.222 e. The molecule has 0 fully saturated rings. The van der Waals surface area contributed by atoms with Crippen LogP contribution >= 0.6 is 0 Å². The van der Waals surface area contributed by atoms with Gasteiger partial charge in [-0.1, -0.05) is 48.5 Å². The van der Waals surface area contributed by atoms with E-state index in [1.165, 1.54) is 0 Å². The minimum Gasteiger partial charge on any atom is -0.445 e. The zero-order valence-corrected chi connectivity index (χ0v) is 14.9. The summed E-state index contributed by atoms with van der Waals surface area (Å²) in [4.78, 5) is 4.46. The summed E-state index contributed by atoms with van der Waals surface area (Å²) in [6.45, 7) is 16.9. The third-order valence-corrected chi connectivity index (χ3v) is 4.74. The summed E-state index contributed by atoms with van der Waals surface area (Å²) >= 11 is 0. The van der Waals surface area contributed by atoms with Gasteiger partial charge in [0, 0.05) is 18.8 Å².